The largest absolute Gasteiger partial charge is 0.279 e. The van der Waals surface area contributed by atoms with Crippen LogP contribution < -0.4 is 0 Å². The molecule has 0 saturated heterocycles. The number of aromatic nitrogens is 2. The predicted octanol–water partition coefficient (Wildman–Crippen LogP) is 2.43. The van der Waals surface area contributed by atoms with E-state index in [-0.39, 0.29) is 16.0 Å². The molecule has 15 heavy (non-hydrogen) atoms. The summed E-state index contributed by atoms with van der Waals surface area (Å²) in [6, 6.07) is 0. The van der Waals surface area contributed by atoms with Gasteiger partial charge in [-0.15, -0.1) is 0 Å². The summed E-state index contributed by atoms with van der Waals surface area (Å²) in [6.45, 7) is 6.02. The quantitative estimate of drug-likeness (QED) is 0.793. The summed E-state index contributed by atoms with van der Waals surface area (Å²) in [4.78, 5) is 0. The van der Waals surface area contributed by atoms with Crippen molar-refractivity contribution < 1.29 is 8.42 Å². The summed E-state index contributed by atoms with van der Waals surface area (Å²) >= 11 is 5.84. The van der Waals surface area contributed by atoms with E-state index < -0.39 is 9.05 Å². The average molecular weight is 271 g/mol. The van der Waals surface area contributed by atoms with Crippen LogP contribution in [-0.2, 0) is 15.6 Å². The SMILES string of the molecule is Cc1nn(CC(C)C)c(S(=O)(=O)Cl)c1Cl. The van der Waals surface area contributed by atoms with Gasteiger partial charge in [-0.3, -0.25) is 4.68 Å². The van der Waals surface area contributed by atoms with Crippen molar-refractivity contribution in [3.8, 4) is 0 Å². The minimum absolute atomic E-state index is 0.102. The maximum Gasteiger partial charge on any atom is 0.279 e. The Labute approximate surface area is 98.6 Å². The molecule has 0 N–H and O–H groups in total. The highest BCUT2D eigenvalue weighted by atomic mass is 35.7. The predicted molar refractivity (Wildman–Crippen MR) is 59.9 cm³/mol. The molecular formula is C8H12Cl2N2O2S. The van der Waals surface area contributed by atoms with E-state index in [0.29, 0.717) is 12.2 Å². The molecule has 0 atom stereocenters. The van der Waals surface area contributed by atoms with Crippen molar-refractivity contribution in [1.82, 2.24) is 9.78 Å². The van der Waals surface area contributed by atoms with Gasteiger partial charge < -0.3 is 0 Å². The first kappa shape index (κ1) is 12.8. The number of hydrogen-bond donors (Lipinski definition) is 0. The minimum Gasteiger partial charge on any atom is -0.251 e. The van der Waals surface area contributed by atoms with Gasteiger partial charge in [0.25, 0.3) is 9.05 Å². The Morgan fingerprint density at radius 1 is 1.47 bits per heavy atom. The van der Waals surface area contributed by atoms with Crippen molar-refractivity contribution in [2.75, 3.05) is 0 Å². The average Bonchev–Trinajstić information content (AvgIpc) is 2.24. The van der Waals surface area contributed by atoms with E-state index in [4.69, 9.17) is 22.3 Å². The molecule has 0 saturated carbocycles. The molecule has 4 nitrogen and oxygen atoms in total. The minimum atomic E-state index is -3.85. The number of nitrogens with zero attached hydrogens (tertiary/aromatic N) is 2. The summed E-state index contributed by atoms with van der Waals surface area (Å²) in [6.07, 6.45) is 0. The van der Waals surface area contributed by atoms with Gasteiger partial charge in [0, 0.05) is 17.2 Å². The Hall–Kier alpha value is -0.260. The van der Waals surface area contributed by atoms with Gasteiger partial charge in [-0.1, -0.05) is 25.4 Å². The van der Waals surface area contributed by atoms with Gasteiger partial charge in [-0.2, -0.15) is 5.10 Å². The summed E-state index contributed by atoms with van der Waals surface area (Å²) in [5, 5.41) is 4.03. The summed E-state index contributed by atoms with van der Waals surface area (Å²) < 4.78 is 23.9. The Bertz CT molecular complexity index is 465. The third-order valence-corrected chi connectivity index (χ3v) is 3.66. The van der Waals surface area contributed by atoms with Crippen LogP contribution in [0.15, 0.2) is 5.03 Å². The van der Waals surface area contributed by atoms with Crippen molar-refractivity contribution in [2.24, 2.45) is 5.92 Å². The van der Waals surface area contributed by atoms with Crippen LogP contribution in [0.4, 0.5) is 0 Å². The van der Waals surface area contributed by atoms with Crippen LogP contribution in [0.25, 0.3) is 0 Å². The van der Waals surface area contributed by atoms with Gasteiger partial charge in [0.15, 0.2) is 5.03 Å². The molecule has 0 fully saturated rings. The van der Waals surface area contributed by atoms with Gasteiger partial charge in [0.1, 0.15) is 5.02 Å². The van der Waals surface area contributed by atoms with Crippen molar-refractivity contribution in [2.45, 2.75) is 32.3 Å². The van der Waals surface area contributed by atoms with E-state index in [1.165, 1.54) is 4.68 Å². The lowest BCUT2D eigenvalue weighted by Crippen LogP contribution is -2.11. The molecule has 0 aliphatic rings. The van der Waals surface area contributed by atoms with Crippen LogP contribution in [0, 0.1) is 12.8 Å². The zero-order chi connectivity index (χ0) is 11.8. The first-order chi connectivity index (χ1) is 6.73. The molecule has 0 bridgehead atoms. The monoisotopic (exact) mass is 270 g/mol. The van der Waals surface area contributed by atoms with Crippen molar-refractivity contribution >= 4 is 31.3 Å². The van der Waals surface area contributed by atoms with E-state index in [0.717, 1.165) is 0 Å². The van der Waals surface area contributed by atoms with Gasteiger partial charge in [-0.05, 0) is 12.8 Å². The lowest BCUT2D eigenvalue weighted by atomic mass is 10.2. The van der Waals surface area contributed by atoms with Gasteiger partial charge in [0.2, 0.25) is 0 Å². The summed E-state index contributed by atoms with van der Waals surface area (Å²) in [5.41, 5.74) is 0.469. The van der Waals surface area contributed by atoms with Gasteiger partial charge >= 0.3 is 0 Å². The molecule has 0 aliphatic heterocycles. The topological polar surface area (TPSA) is 52.0 Å². The zero-order valence-electron chi connectivity index (χ0n) is 8.66. The van der Waals surface area contributed by atoms with Crippen LogP contribution in [0.1, 0.15) is 19.5 Å². The van der Waals surface area contributed by atoms with Crippen LogP contribution in [0.2, 0.25) is 5.02 Å². The lowest BCUT2D eigenvalue weighted by molar-refractivity contribution is 0.449. The molecule has 86 valence electrons. The fourth-order valence-electron chi connectivity index (χ4n) is 1.24. The van der Waals surface area contributed by atoms with E-state index in [9.17, 15) is 8.42 Å². The van der Waals surface area contributed by atoms with E-state index in [2.05, 4.69) is 5.10 Å². The van der Waals surface area contributed by atoms with Gasteiger partial charge in [0.05, 0.1) is 5.69 Å². The molecule has 1 aromatic heterocycles. The molecular weight excluding hydrogens is 259 g/mol. The Morgan fingerprint density at radius 3 is 2.40 bits per heavy atom. The molecule has 0 radical (unpaired) electrons. The number of rotatable bonds is 3. The highest BCUT2D eigenvalue weighted by Gasteiger charge is 2.24. The fraction of sp³-hybridized carbons (Fsp3) is 0.625. The lowest BCUT2D eigenvalue weighted by Gasteiger charge is -2.07. The zero-order valence-corrected chi connectivity index (χ0v) is 11.0. The number of halogens is 2. The maximum absolute atomic E-state index is 11.3. The smallest absolute Gasteiger partial charge is 0.251 e. The maximum atomic E-state index is 11.3. The first-order valence-corrected chi connectivity index (χ1v) is 7.09. The highest BCUT2D eigenvalue weighted by Crippen LogP contribution is 2.28. The second kappa shape index (κ2) is 4.31. The van der Waals surface area contributed by atoms with E-state index in [1.54, 1.807) is 6.92 Å². The first-order valence-electron chi connectivity index (χ1n) is 4.41. The normalized spacial score (nSPS) is 12.4. The number of aryl methyl sites for hydroxylation is 1. The van der Waals surface area contributed by atoms with Crippen LogP contribution in [0.5, 0.6) is 0 Å². The second-order valence-electron chi connectivity index (χ2n) is 3.72. The number of hydrogen-bond acceptors (Lipinski definition) is 3. The molecule has 1 rings (SSSR count). The second-order valence-corrected chi connectivity index (χ2v) is 6.58. The molecule has 0 spiro atoms. The molecule has 0 aromatic carbocycles. The molecule has 0 unspecified atom stereocenters. The van der Waals surface area contributed by atoms with E-state index >= 15 is 0 Å². The summed E-state index contributed by atoms with van der Waals surface area (Å²) in [7, 11) is 1.44. The molecule has 1 heterocycles. The summed E-state index contributed by atoms with van der Waals surface area (Å²) in [5.74, 6) is 0.262. The van der Waals surface area contributed by atoms with Crippen molar-refractivity contribution in [1.29, 1.82) is 0 Å². The van der Waals surface area contributed by atoms with Gasteiger partial charge in [-0.25, -0.2) is 8.42 Å². The van der Waals surface area contributed by atoms with Crippen molar-refractivity contribution in [3.63, 3.8) is 0 Å². The molecule has 7 heteroatoms. The third-order valence-electron chi connectivity index (χ3n) is 1.78. The third kappa shape index (κ3) is 2.86. The van der Waals surface area contributed by atoms with Crippen LogP contribution in [-0.4, -0.2) is 18.2 Å². The van der Waals surface area contributed by atoms with Crippen LogP contribution >= 0.6 is 22.3 Å². The molecule has 0 aliphatic carbocycles. The highest BCUT2D eigenvalue weighted by molar-refractivity contribution is 8.13. The standard InChI is InChI=1S/C8H12Cl2N2O2S/c1-5(2)4-12-8(15(10,13)14)7(9)6(3)11-12/h5H,4H2,1-3H3. The van der Waals surface area contributed by atoms with Crippen molar-refractivity contribution in [3.05, 3.63) is 10.7 Å². The van der Waals surface area contributed by atoms with Crippen LogP contribution in [0.3, 0.4) is 0 Å². The van der Waals surface area contributed by atoms with E-state index in [1.807, 2.05) is 13.8 Å². The molecule has 1 aromatic rings. The molecule has 0 amide bonds. The fourth-order valence-corrected chi connectivity index (χ4v) is 3.00. The Morgan fingerprint density at radius 2 is 2.00 bits per heavy atom. The Kier molecular flexibility index (Phi) is 3.68. The Balaban J connectivity index is 3.34.